The predicted octanol–water partition coefficient (Wildman–Crippen LogP) is 3.86. The fraction of sp³-hybridized carbons (Fsp3) is 0.562. The third kappa shape index (κ3) is 4.05. The van der Waals surface area contributed by atoms with Gasteiger partial charge in [0.2, 0.25) is 0 Å². The normalized spacial score (nSPS) is 33.8. The van der Waals surface area contributed by atoms with Crippen molar-refractivity contribution < 1.29 is 15.8 Å². The second-order valence-electron chi connectivity index (χ2n) is 4.38. The summed E-state index contributed by atoms with van der Waals surface area (Å²) in [6.07, 6.45) is -5.76. The lowest BCUT2D eigenvalue weighted by molar-refractivity contribution is 0.0837. The van der Waals surface area contributed by atoms with E-state index in [0.717, 1.165) is 5.56 Å². The van der Waals surface area contributed by atoms with E-state index in [1.807, 2.05) is 6.92 Å². The minimum atomic E-state index is -3.14. The molecule has 0 amide bonds. The van der Waals surface area contributed by atoms with Crippen molar-refractivity contribution >= 4 is 18.2 Å². The molecule has 1 aliphatic heterocycles. The third-order valence-corrected chi connectivity index (χ3v) is 2.93. The summed E-state index contributed by atoms with van der Waals surface area (Å²) in [5.41, 5.74) is 1.18. The molecule has 3 heteroatoms. The molecule has 0 aliphatic carbocycles. The van der Waals surface area contributed by atoms with Gasteiger partial charge in [0.1, 0.15) is 0 Å². The van der Waals surface area contributed by atoms with E-state index in [-0.39, 0.29) is 24.4 Å². The first-order valence-corrected chi connectivity index (χ1v) is 6.13. The lowest BCUT2D eigenvalue weighted by atomic mass is 9.98. The summed E-state index contributed by atoms with van der Waals surface area (Å²) in [5, 5.41) is 0. The molecule has 0 bridgehead atoms. The number of hydrogen-bond acceptors (Lipinski definition) is 2. The second-order valence-corrected chi connectivity index (χ2v) is 4.38. The predicted molar refractivity (Wildman–Crippen MR) is 82.3 cm³/mol. The average molecular weight is 290 g/mol. The molecule has 1 aromatic carbocycles. The number of ketones is 1. The Labute approximate surface area is 133 Å². The quantitative estimate of drug-likeness (QED) is 0.767. The molecule has 1 atom stereocenters. The number of benzene rings is 1. The van der Waals surface area contributed by atoms with Crippen LogP contribution in [0.4, 0.5) is 0 Å². The van der Waals surface area contributed by atoms with Crippen LogP contribution in [0.15, 0.2) is 24.3 Å². The van der Waals surface area contributed by atoms with Gasteiger partial charge in [-0.1, -0.05) is 43.2 Å². The van der Waals surface area contributed by atoms with Crippen molar-refractivity contribution in [2.75, 3.05) is 13.0 Å². The summed E-state index contributed by atoms with van der Waals surface area (Å²) in [5.74, 6) is -0.548. The number of halogens is 1. The summed E-state index contributed by atoms with van der Waals surface area (Å²) in [4.78, 5) is 13.5. The lowest BCUT2D eigenvalue weighted by Gasteiger charge is -2.26. The Morgan fingerprint density at radius 2 is 1.89 bits per heavy atom. The largest absolute Gasteiger partial charge is 0.293 e. The monoisotopic (exact) mass is 289 g/mol. The van der Waals surface area contributed by atoms with Crippen LogP contribution in [0.1, 0.15) is 59.4 Å². The molecule has 106 valence electrons. The first-order valence-electron chi connectivity index (χ1n) is 10.1. The van der Waals surface area contributed by atoms with Gasteiger partial charge in [-0.2, -0.15) is 0 Å². The zero-order valence-corrected chi connectivity index (χ0v) is 11.9. The van der Waals surface area contributed by atoms with Gasteiger partial charge < -0.3 is 0 Å². The van der Waals surface area contributed by atoms with Crippen LogP contribution in [0, 0.1) is 6.92 Å². The lowest BCUT2D eigenvalue weighted by Crippen LogP contribution is -2.39. The van der Waals surface area contributed by atoms with E-state index < -0.39 is 37.6 Å². The van der Waals surface area contributed by atoms with Gasteiger partial charge in [0.05, 0.1) is 6.04 Å². The molecule has 1 unspecified atom stereocenters. The molecule has 0 N–H and O–H groups in total. The van der Waals surface area contributed by atoms with Gasteiger partial charge in [-0.05, 0) is 39.1 Å². The molecule has 0 aromatic heterocycles. The molecule has 0 spiro atoms. The standard InChI is InChI=1S/C16H23NO.ClH/c1-3-6-15(17-11-4-5-12-17)16(18)14-9-7-13(2)8-10-14;/h7-10,15H,3-6,11-12H2,1-2H3;1H/i4D2,5D2,11D2,12D2;. The minimum Gasteiger partial charge on any atom is -0.293 e. The molecule has 1 aromatic rings. The summed E-state index contributed by atoms with van der Waals surface area (Å²) in [6, 6.07) is 5.22. The number of hydrogen-bond donors (Lipinski definition) is 0. The van der Waals surface area contributed by atoms with E-state index >= 15 is 0 Å². The zero-order chi connectivity index (χ0) is 20.1. The Bertz CT molecular complexity index is 666. The van der Waals surface area contributed by atoms with Crippen LogP contribution in [-0.4, -0.2) is 29.7 Å². The summed E-state index contributed by atoms with van der Waals surface area (Å²) in [7, 11) is 0. The average Bonchev–Trinajstić information content (AvgIpc) is 2.59. The van der Waals surface area contributed by atoms with Gasteiger partial charge in [0.25, 0.3) is 0 Å². The van der Waals surface area contributed by atoms with Gasteiger partial charge in [-0.15, -0.1) is 12.4 Å². The van der Waals surface area contributed by atoms with Crippen molar-refractivity contribution in [1.29, 1.82) is 0 Å². The Hall–Kier alpha value is -0.860. The van der Waals surface area contributed by atoms with Crippen LogP contribution in [-0.2, 0) is 0 Å². The molecule has 19 heavy (non-hydrogen) atoms. The smallest absolute Gasteiger partial charge is 0.179 e. The first kappa shape index (κ1) is 7.80. The summed E-state index contributed by atoms with van der Waals surface area (Å²) in [6.45, 7) is -2.40. The molecule has 1 heterocycles. The number of rotatable bonds is 5. The maximum Gasteiger partial charge on any atom is 0.179 e. The fourth-order valence-corrected chi connectivity index (χ4v) is 1.92. The third-order valence-electron chi connectivity index (χ3n) is 2.93. The highest BCUT2D eigenvalue weighted by Gasteiger charge is 2.27. The van der Waals surface area contributed by atoms with Crippen LogP contribution in [0.5, 0.6) is 0 Å². The van der Waals surface area contributed by atoms with E-state index in [0.29, 0.717) is 11.3 Å². The number of carbonyl (C=O) groups excluding carboxylic acids is 1. The number of aryl methyl sites for hydroxylation is 1. The van der Waals surface area contributed by atoms with E-state index in [9.17, 15) is 4.79 Å². The molecule has 1 fully saturated rings. The highest BCUT2D eigenvalue weighted by Crippen LogP contribution is 2.19. The molecule has 1 aliphatic rings. The van der Waals surface area contributed by atoms with Crippen molar-refractivity contribution in [3.05, 3.63) is 35.4 Å². The van der Waals surface area contributed by atoms with Gasteiger partial charge in [-0.25, -0.2) is 0 Å². The van der Waals surface area contributed by atoms with Crippen molar-refractivity contribution in [3.63, 3.8) is 0 Å². The van der Waals surface area contributed by atoms with Crippen molar-refractivity contribution in [1.82, 2.24) is 4.90 Å². The van der Waals surface area contributed by atoms with Crippen LogP contribution in [0.2, 0.25) is 0 Å². The van der Waals surface area contributed by atoms with Gasteiger partial charge in [-0.3, -0.25) is 9.69 Å². The Morgan fingerprint density at radius 3 is 2.42 bits per heavy atom. The van der Waals surface area contributed by atoms with Crippen LogP contribution >= 0.6 is 12.4 Å². The van der Waals surface area contributed by atoms with Crippen LogP contribution in [0.25, 0.3) is 0 Å². The van der Waals surface area contributed by atoms with Crippen molar-refractivity contribution in [3.8, 4) is 0 Å². The Kier molecular flexibility index (Phi) is 3.15. The minimum absolute atomic E-state index is 0. The van der Waals surface area contributed by atoms with Crippen LogP contribution in [0.3, 0.4) is 0 Å². The number of nitrogens with zero attached hydrogens (tertiary/aromatic N) is 1. The SMILES string of the molecule is Cl.[2H]C1([2H])N(C(CCC)C(=O)c2ccc(C)cc2)C([2H])([2H])C([2H])([2H])C1([2H])[2H]. The number of Topliss-reactive ketones (excluding diaryl/α,β-unsaturated/α-hetero) is 1. The molecule has 0 radical (unpaired) electrons. The van der Waals surface area contributed by atoms with Gasteiger partial charge >= 0.3 is 0 Å². The van der Waals surface area contributed by atoms with E-state index in [1.165, 1.54) is 0 Å². The van der Waals surface area contributed by atoms with E-state index in [2.05, 4.69) is 0 Å². The topological polar surface area (TPSA) is 20.3 Å². The highest BCUT2D eigenvalue weighted by molar-refractivity contribution is 6.00. The van der Waals surface area contributed by atoms with Gasteiger partial charge in [0, 0.05) is 16.5 Å². The van der Waals surface area contributed by atoms with Crippen molar-refractivity contribution in [2.24, 2.45) is 0 Å². The van der Waals surface area contributed by atoms with E-state index in [1.54, 1.807) is 31.2 Å². The molecular weight excluding hydrogens is 258 g/mol. The van der Waals surface area contributed by atoms with Crippen LogP contribution < -0.4 is 0 Å². The molecule has 1 saturated heterocycles. The maximum atomic E-state index is 13.0. The number of likely N-dealkylation sites (tertiary alicyclic amines) is 1. The Morgan fingerprint density at radius 1 is 1.32 bits per heavy atom. The summed E-state index contributed by atoms with van der Waals surface area (Å²) < 4.78 is 64.2. The van der Waals surface area contributed by atoms with Crippen molar-refractivity contribution in [2.45, 2.75) is 45.5 Å². The van der Waals surface area contributed by atoms with E-state index in [4.69, 9.17) is 11.0 Å². The molecule has 2 rings (SSSR count). The second kappa shape index (κ2) is 7.66. The zero-order valence-electron chi connectivity index (χ0n) is 19.1. The molecule has 2 nitrogen and oxygen atoms in total. The Balaban J connectivity index is 0.00000364. The van der Waals surface area contributed by atoms with Gasteiger partial charge in [0.15, 0.2) is 5.78 Å². The first-order chi connectivity index (χ1) is 11.7. The fourth-order valence-electron chi connectivity index (χ4n) is 1.92. The summed E-state index contributed by atoms with van der Waals surface area (Å²) >= 11 is 0. The highest BCUT2D eigenvalue weighted by atomic mass is 35.5. The molecular formula is C16H24ClNO. The maximum absolute atomic E-state index is 13.0. The number of carbonyl (C=O) groups is 1. The molecule has 0 saturated carbocycles.